The maximum Gasteiger partial charge on any atom is 0.203 e. The molecule has 4 heteroatoms. The van der Waals surface area contributed by atoms with Gasteiger partial charge in [0.1, 0.15) is 0 Å². The van der Waals surface area contributed by atoms with Gasteiger partial charge in [0.15, 0.2) is 0 Å². The van der Waals surface area contributed by atoms with Crippen molar-refractivity contribution in [1.82, 2.24) is 4.98 Å². The number of nitrogens with one attached hydrogen (secondary N) is 1. The van der Waals surface area contributed by atoms with Gasteiger partial charge < -0.3 is 0 Å². The SMILES string of the molecule is CCc1ccc(/C=N\Nc2nc(C)cs2)cc1. The number of rotatable bonds is 4. The fraction of sp³-hybridized carbons (Fsp3) is 0.231. The molecule has 0 amide bonds. The molecule has 0 radical (unpaired) electrons. The number of aromatic nitrogens is 1. The summed E-state index contributed by atoms with van der Waals surface area (Å²) in [5.41, 5.74) is 6.36. The van der Waals surface area contributed by atoms with Crippen molar-refractivity contribution in [3.05, 3.63) is 46.5 Å². The molecule has 0 atom stereocenters. The van der Waals surface area contributed by atoms with Crippen LogP contribution in [0, 0.1) is 6.92 Å². The third-order valence-electron chi connectivity index (χ3n) is 2.38. The third kappa shape index (κ3) is 3.39. The van der Waals surface area contributed by atoms with Crippen molar-refractivity contribution in [3.8, 4) is 0 Å². The maximum absolute atomic E-state index is 4.26. The molecule has 3 nitrogen and oxygen atoms in total. The Morgan fingerprint density at radius 1 is 1.35 bits per heavy atom. The van der Waals surface area contributed by atoms with Gasteiger partial charge in [-0.3, -0.25) is 5.43 Å². The lowest BCUT2D eigenvalue weighted by Crippen LogP contribution is -1.90. The lowest BCUT2D eigenvalue weighted by Gasteiger charge is -1.97. The number of benzene rings is 1. The second-order valence-corrected chi connectivity index (χ2v) is 4.62. The summed E-state index contributed by atoms with van der Waals surface area (Å²) in [6, 6.07) is 8.37. The minimum atomic E-state index is 0.823. The van der Waals surface area contributed by atoms with Gasteiger partial charge in [-0.2, -0.15) is 5.10 Å². The molecule has 88 valence electrons. The number of hydrogen-bond donors (Lipinski definition) is 1. The van der Waals surface area contributed by atoms with Crippen LogP contribution in [0.15, 0.2) is 34.7 Å². The van der Waals surface area contributed by atoms with Crippen molar-refractivity contribution in [2.24, 2.45) is 5.10 Å². The van der Waals surface area contributed by atoms with E-state index in [0.717, 1.165) is 22.8 Å². The van der Waals surface area contributed by atoms with Crippen LogP contribution in [0.1, 0.15) is 23.7 Å². The Kier molecular flexibility index (Phi) is 3.88. The average molecular weight is 245 g/mol. The summed E-state index contributed by atoms with van der Waals surface area (Å²) in [6.07, 6.45) is 2.87. The second kappa shape index (κ2) is 5.59. The summed E-state index contributed by atoms with van der Waals surface area (Å²) in [5, 5.41) is 6.97. The first kappa shape index (κ1) is 11.8. The Morgan fingerprint density at radius 2 is 2.12 bits per heavy atom. The summed E-state index contributed by atoms with van der Waals surface area (Å²) in [7, 11) is 0. The Bertz CT molecular complexity index is 500. The van der Waals surface area contributed by atoms with Crippen molar-refractivity contribution >= 4 is 22.7 Å². The van der Waals surface area contributed by atoms with Crippen LogP contribution in [0.25, 0.3) is 0 Å². The predicted octanol–water partition coefficient (Wildman–Crippen LogP) is 3.46. The fourth-order valence-corrected chi connectivity index (χ4v) is 2.04. The van der Waals surface area contributed by atoms with Crippen LogP contribution in [0.3, 0.4) is 0 Å². The highest BCUT2D eigenvalue weighted by atomic mass is 32.1. The third-order valence-corrected chi connectivity index (χ3v) is 3.25. The van der Waals surface area contributed by atoms with Crippen LogP contribution in [0.2, 0.25) is 0 Å². The molecule has 0 saturated heterocycles. The van der Waals surface area contributed by atoms with Crippen molar-refractivity contribution < 1.29 is 0 Å². The van der Waals surface area contributed by atoms with Crippen molar-refractivity contribution in [2.75, 3.05) is 5.43 Å². The van der Waals surface area contributed by atoms with Gasteiger partial charge in [-0.05, 0) is 24.5 Å². The maximum atomic E-state index is 4.26. The van der Waals surface area contributed by atoms with E-state index in [0.29, 0.717) is 0 Å². The normalized spacial score (nSPS) is 10.9. The highest BCUT2D eigenvalue weighted by Crippen LogP contribution is 2.13. The summed E-state index contributed by atoms with van der Waals surface area (Å²) in [6.45, 7) is 4.12. The minimum Gasteiger partial charge on any atom is -0.253 e. The van der Waals surface area contributed by atoms with Gasteiger partial charge in [0, 0.05) is 5.38 Å². The zero-order valence-corrected chi connectivity index (χ0v) is 10.8. The Balaban J connectivity index is 1.95. The van der Waals surface area contributed by atoms with Crippen LogP contribution in [-0.4, -0.2) is 11.2 Å². The molecular formula is C13H15N3S. The molecule has 2 rings (SSSR count). The highest BCUT2D eigenvalue weighted by molar-refractivity contribution is 7.13. The van der Waals surface area contributed by atoms with Crippen LogP contribution < -0.4 is 5.43 Å². The molecule has 0 fully saturated rings. The molecule has 0 bridgehead atoms. The summed E-state index contributed by atoms with van der Waals surface area (Å²) in [5.74, 6) is 0. The van der Waals surface area contributed by atoms with E-state index in [4.69, 9.17) is 0 Å². The summed E-state index contributed by atoms with van der Waals surface area (Å²) >= 11 is 1.55. The van der Waals surface area contributed by atoms with Crippen molar-refractivity contribution in [3.63, 3.8) is 0 Å². The summed E-state index contributed by atoms with van der Waals surface area (Å²) < 4.78 is 0. The quantitative estimate of drug-likeness (QED) is 0.661. The molecule has 1 heterocycles. The Hall–Kier alpha value is -1.68. The van der Waals surface area contributed by atoms with Gasteiger partial charge in [-0.15, -0.1) is 11.3 Å². The fourth-order valence-electron chi connectivity index (χ4n) is 1.41. The number of nitrogens with zero attached hydrogens (tertiary/aromatic N) is 2. The van der Waals surface area contributed by atoms with Gasteiger partial charge in [-0.1, -0.05) is 31.2 Å². The van der Waals surface area contributed by atoms with Crippen LogP contribution >= 0.6 is 11.3 Å². The zero-order valence-electron chi connectivity index (χ0n) is 9.97. The molecule has 0 spiro atoms. The molecule has 1 aromatic heterocycles. The highest BCUT2D eigenvalue weighted by Gasteiger charge is 1.94. The topological polar surface area (TPSA) is 37.3 Å². The van der Waals surface area contributed by atoms with Crippen molar-refractivity contribution in [2.45, 2.75) is 20.3 Å². The first-order valence-corrected chi connectivity index (χ1v) is 6.46. The van der Waals surface area contributed by atoms with Crippen LogP contribution in [0.4, 0.5) is 5.13 Å². The molecule has 0 saturated carbocycles. The number of aryl methyl sites for hydroxylation is 2. The first-order chi connectivity index (χ1) is 8.28. The van der Waals surface area contributed by atoms with Gasteiger partial charge in [0.25, 0.3) is 0 Å². The average Bonchev–Trinajstić information content (AvgIpc) is 2.76. The van der Waals surface area contributed by atoms with E-state index in [1.165, 1.54) is 5.56 Å². The molecule has 0 aliphatic rings. The van der Waals surface area contributed by atoms with Crippen LogP contribution in [-0.2, 0) is 6.42 Å². The second-order valence-electron chi connectivity index (χ2n) is 3.76. The molecule has 1 N–H and O–H groups in total. The molecular weight excluding hydrogens is 230 g/mol. The van der Waals surface area contributed by atoms with E-state index in [9.17, 15) is 0 Å². The molecule has 17 heavy (non-hydrogen) atoms. The zero-order chi connectivity index (χ0) is 12.1. The monoisotopic (exact) mass is 245 g/mol. The number of hydrogen-bond acceptors (Lipinski definition) is 4. The minimum absolute atomic E-state index is 0.823. The first-order valence-electron chi connectivity index (χ1n) is 5.58. The van der Waals surface area contributed by atoms with Gasteiger partial charge >= 0.3 is 0 Å². The molecule has 0 aliphatic carbocycles. The lowest BCUT2D eigenvalue weighted by molar-refractivity contribution is 1.14. The summed E-state index contributed by atoms with van der Waals surface area (Å²) in [4.78, 5) is 4.26. The van der Waals surface area contributed by atoms with E-state index in [2.05, 4.69) is 46.7 Å². The van der Waals surface area contributed by atoms with E-state index < -0.39 is 0 Å². The molecule has 0 unspecified atom stereocenters. The standard InChI is InChI=1S/C13H15N3S/c1-3-11-4-6-12(7-5-11)8-14-16-13-15-10(2)9-17-13/h4-9H,3H2,1-2H3,(H,15,16)/b14-8-. The lowest BCUT2D eigenvalue weighted by atomic mass is 10.1. The largest absolute Gasteiger partial charge is 0.253 e. The van der Waals surface area contributed by atoms with E-state index in [1.54, 1.807) is 17.6 Å². The van der Waals surface area contributed by atoms with Gasteiger partial charge in [-0.25, -0.2) is 4.98 Å². The molecule has 2 aromatic rings. The smallest absolute Gasteiger partial charge is 0.203 e. The number of anilines is 1. The Morgan fingerprint density at radius 3 is 2.71 bits per heavy atom. The van der Waals surface area contributed by atoms with Gasteiger partial charge in [0.2, 0.25) is 5.13 Å². The van der Waals surface area contributed by atoms with E-state index >= 15 is 0 Å². The number of hydrazone groups is 1. The van der Waals surface area contributed by atoms with Crippen molar-refractivity contribution in [1.29, 1.82) is 0 Å². The number of thiazole rings is 1. The van der Waals surface area contributed by atoms with Crippen LogP contribution in [0.5, 0.6) is 0 Å². The van der Waals surface area contributed by atoms with E-state index in [1.807, 2.05) is 12.3 Å². The van der Waals surface area contributed by atoms with E-state index in [-0.39, 0.29) is 0 Å². The molecule has 1 aromatic carbocycles. The Labute approximate surface area is 105 Å². The predicted molar refractivity (Wildman–Crippen MR) is 73.9 cm³/mol. The van der Waals surface area contributed by atoms with Gasteiger partial charge in [0.05, 0.1) is 11.9 Å². The molecule has 0 aliphatic heterocycles.